The molecule has 56 valence electrons. The molecule has 1 rings (SSSR count). The van der Waals surface area contributed by atoms with Crippen LogP contribution in [0.1, 0.15) is 6.42 Å². The second kappa shape index (κ2) is 2.36. The number of aliphatic hydroxyl groups excluding tert-OH is 2. The van der Waals surface area contributed by atoms with Gasteiger partial charge in [-0.05, 0) is 0 Å². The SMILES string of the molecule is O=C1OC(=O)C(O)CC1O. The lowest BCUT2D eigenvalue weighted by atomic mass is 10.1. The summed E-state index contributed by atoms with van der Waals surface area (Å²) < 4.78 is 3.93. The minimum absolute atomic E-state index is 0.266. The molecule has 2 atom stereocenters. The van der Waals surface area contributed by atoms with Gasteiger partial charge in [0.2, 0.25) is 0 Å². The topological polar surface area (TPSA) is 83.8 Å². The summed E-state index contributed by atoms with van der Waals surface area (Å²) in [6.07, 6.45) is -3.00. The summed E-state index contributed by atoms with van der Waals surface area (Å²) in [5.74, 6) is -1.98. The van der Waals surface area contributed by atoms with Crippen molar-refractivity contribution in [1.82, 2.24) is 0 Å². The fraction of sp³-hybridized carbons (Fsp3) is 0.600. The Labute approximate surface area is 56.2 Å². The van der Waals surface area contributed by atoms with Crippen LogP contribution in [0.4, 0.5) is 0 Å². The van der Waals surface area contributed by atoms with Gasteiger partial charge in [0.15, 0.2) is 12.2 Å². The molecule has 0 bridgehead atoms. The van der Waals surface area contributed by atoms with Crippen LogP contribution in [0, 0.1) is 0 Å². The van der Waals surface area contributed by atoms with Crippen LogP contribution in [0.2, 0.25) is 0 Å². The van der Waals surface area contributed by atoms with Gasteiger partial charge in [0.25, 0.3) is 0 Å². The first-order valence-electron chi connectivity index (χ1n) is 2.73. The zero-order valence-corrected chi connectivity index (χ0v) is 4.98. The van der Waals surface area contributed by atoms with Crippen LogP contribution in [-0.4, -0.2) is 34.4 Å². The third-order valence-corrected chi connectivity index (χ3v) is 1.19. The maximum atomic E-state index is 10.3. The van der Waals surface area contributed by atoms with Crippen molar-refractivity contribution in [2.45, 2.75) is 18.6 Å². The Hall–Kier alpha value is -0.940. The van der Waals surface area contributed by atoms with Crippen molar-refractivity contribution in [3.63, 3.8) is 0 Å². The molecule has 5 heteroatoms. The highest BCUT2D eigenvalue weighted by atomic mass is 16.6. The number of aliphatic hydroxyl groups is 2. The van der Waals surface area contributed by atoms with Gasteiger partial charge in [-0.2, -0.15) is 0 Å². The molecule has 0 radical (unpaired) electrons. The highest BCUT2D eigenvalue weighted by Gasteiger charge is 2.34. The lowest BCUT2D eigenvalue weighted by Gasteiger charge is -2.18. The standard InChI is InChI=1S/C5H6O5/c6-2-1-3(7)5(9)10-4(2)8/h2-3,6-7H,1H2. The van der Waals surface area contributed by atoms with E-state index in [1.807, 2.05) is 0 Å². The van der Waals surface area contributed by atoms with Gasteiger partial charge in [-0.1, -0.05) is 0 Å². The van der Waals surface area contributed by atoms with E-state index in [1.54, 1.807) is 0 Å². The Kier molecular flexibility index (Phi) is 1.69. The van der Waals surface area contributed by atoms with Crippen LogP contribution < -0.4 is 0 Å². The van der Waals surface area contributed by atoms with E-state index < -0.39 is 24.1 Å². The zero-order valence-electron chi connectivity index (χ0n) is 4.98. The van der Waals surface area contributed by atoms with Crippen molar-refractivity contribution in [3.05, 3.63) is 0 Å². The molecule has 0 aromatic heterocycles. The first-order valence-corrected chi connectivity index (χ1v) is 2.73. The largest absolute Gasteiger partial charge is 0.389 e. The van der Waals surface area contributed by atoms with E-state index >= 15 is 0 Å². The van der Waals surface area contributed by atoms with Crippen molar-refractivity contribution in [2.24, 2.45) is 0 Å². The van der Waals surface area contributed by atoms with Gasteiger partial charge in [-0.15, -0.1) is 0 Å². The average molecular weight is 146 g/mol. The van der Waals surface area contributed by atoms with Crippen molar-refractivity contribution >= 4 is 11.9 Å². The van der Waals surface area contributed by atoms with Crippen LogP contribution in [0.15, 0.2) is 0 Å². The monoisotopic (exact) mass is 146 g/mol. The molecule has 2 N–H and O–H groups in total. The second-order valence-electron chi connectivity index (χ2n) is 2.01. The molecule has 1 aliphatic rings. The van der Waals surface area contributed by atoms with Crippen molar-refractivity contribution in [1.29, 1.82) is 0 Å². The Bertz CT molecular complexity index is 157. The maximum absolute atomic E-state index is 10.3. The fourth-order valence-corrected chi connectivity index (χ4v) is 0.639. The third-order valence-electron chi connectivity index (χ3n) is 1.19. The number of carbonyl (C=O) groups is 2. The van der Waals surface area contributed by atoms with E-state index in [2.05, 4.69) is 4.74 Å². The van der Waals surface area contributed by atoms with E-state index in [4.69, 9.17) is 10.2 Å². The van der Waals surface area contributed by atoms with E-state index in [-0.39, 0.29) is 6.42 Å². The lowest BCUT2D eigenvalue weighted by molar-refractivity contribution is -0.180. The van der Waals surface area contributed by atoms with E-state index in [1.165, 1.54) is 0 Å². The molecule has 2 unspecified atom stereocenters. The number of carbonyl (C=O) groups excluding carboxylic acids is 2. The maximum Gasteiger partial charge on any atom is 0.342 e. The van der Waals surface area contributed by atoms with E-state index in [9.17, 15) is 9.59 Å². The van der Waals surface area contributed by atoms with Crippen LogP contribution in [-0.2, 0) is 14.3 Å². The number of hydrogen-bond acceptors (Lipinski definition) is 5. The number of rotatable bonds is 0. The third kappa shape index (κ3) is 1.14. The quantitative estimate of drug-likeness (QED) is 0.310. The predicted octanol–water partition coefficient (Wildman–Crippen LogP) is -1.82. The zero-order chi connectivity index (χ0) is 7.72. The summed E-state index contributed by atoms with van der Waals surface area (Å²) in [5, 5.41) is 17.4. The molecule has 1 aliphatic heterocycles. The highest BCUT2D eigenvalue weighted by molar-refractivity contribution is 5.92. The van der Waals surface area contributed by atoms with Gasteiger partial charge in [-0.25, -0.2) is 9.59 Å². The molecule has 0 spiro atoms. The number of esters is 2. The van der Waals surface area contributed by atoms with E-state index in [0.717, 1.165) is 0 Å². The number of ether oxygens (including phenoxy) is 1. The van der Waals surface area contributed by atoms with Gasteiger partial charge < -0.3 is 14.9 Å². The van der Waals surface area contributed by atoms with Gasteiger partial charge in [0, 0.05) is 6.42 Å². The Balaban J connectivity index is 2.63. The molecule has 1 saturated heterocycles. The number of cyclic esters (lactones) is 2. The average Bonchev–Trinajstić information content (AvgIpc) is 1.84. The molecule has 0 aliphatic carbocycles. The van der Waals surface area contributed by atoms with Gasteiger partial charge in [-0.3, -0.25) is 0 Å². The first-order chi connectivity index (χ1) is 4.61. The lowest BCUT2D eigenvalue weighted by Crippen LogP contribution is -2.41. The second-order valence-corrected chi connectivity index (χ2v) is 2.01. The minimum Gasteiger partial charge on any atom is -0.389 e. The van der Waals surface area contributed by atoms with E-state index in [0.29, 0.717) is 0 Å². The van der Waals surface area contributed by atoms with Gasteiger partial charge in [0.05, 0.1) is 0 Å². The molecule has 0 saturated carbocycles. The van der Waals surface area contributed by atoms with Crippen molar-refractivity contribution in [2.75, 3.05) is 0 Å². The molecule has 0 amide bonds. The normalized spacial score (nSPS) is 33.8. The Morgan fingerprint density at radius 1 is 1.20 bits per heavy atom. The molecule has 1 fully saturated rings. The summed E-state index contributed by atoms with van der Waals surface area (Å²) in [6, 6.07) is 0. The highest BCUT2D eigenvalue weighted by Crippen LogP contribution is 2.09. The molecular weight excluding hydrogens is 140 g/mol. The molecule has 10 heavy (non-hydrogen) atoms. The summed E-state index contributed by atoms with van der Waals surface area (Å²) >= 11 is 0. The minimum atomic E-state index is -1.37. The first kappa shape index (κ1) is 7.17. The predicted molar refractivity (Wildman–Crippen MR) is 27.7 cm³/mol. The molecule has 5 nitrogen and oxygen atoms in total. The van der Waals surface area contributed by atoms with Gasteiger partial charge in [0.1, 0.15) is 0 Å². The van der Waals surface area contributed by atoms with Crippen molar-refractivity contribution < 1.29 is 24.5 Å². The summed E-state index contributed by atoms with van der Waals surface area (Å²) in [7, 11) is 0. The van der Waals surface area contributed by atoms with Gasteiger partial charge >= 0.3 is 11.9 Å². The van der Waals surface area contributed by atoms with Crippen LogP contribution in [0.3, 0.4) is 0 Å². The van der Waals surface area contributed by atoms with Crippen LogP contribution in [0.5, 0.6) is 0 Å². The Morgan fingerprint density at radius 3 is 1.90 bits per heavy atom. The molecule has 0 aromatic carbocycles. The summed E-state index contributed by atoms with van der Waals surface area (Å²) in [4.78, 5) is 20.7. The Morgan fingerprint density at radius 2 is 1.60 bits per heavy atom. The molecule has 0 aromatic rings. The fourth-order valence-electron chi connectivity index (χ4n) is 0.639. The van der Waals surface area contributed by atoms with Crippen LogP contribution in [0.25, 0.3) is 0 Å². The summed E-state index contributed by atoms with van der Waals surface area (Å²) in [5.41, 5.74) is 0. The van der Waals surface area contributed by atoms with Crippen LogP contribution >= 0.6 is 0 Å². The summed E-state index contributed by atoms with van der Waals surface area (Å²) in [6.45, 7) is 0. The number of hydrogen-bond donors (Lipinski definition) is 2. The smallest absolute Gasteiger partial charge is 0.342 e. The molecular formula is C5H6O5. The molecule has 1 heterocycles. The van der Waals surface area contributed by atoms with Crippen molar-refractivity contribution in [3.8, 4) is 0 Å².